The highest BCUT2D eigenvalue weighted by atomic mass is 79.9. The van der Waals surface area contributed by atoms with Gasteiger partial charge < -0.3 is 14.4 Å². The van der Waals surface area contributed by atoms with Gasteiger partial charge in [0.15, 0.2) is 5.82 Å². The fraction of sp³-hybridized carbons (Fsp3) is 0.529. The molecule has 0 saturated heterocycles. The topological polar surface area (TPSA) is 47.5 Å². The van der Waals surface area contributed by atoms with E-state index in [0.717, 1.165) is 18.7 Å². The number of halogens is 2. The summed E-state index contributed by atoms with van der Waals surface area (Å²) in [4.78, 5) is 10.8. The van der Waals surface area contributed by atoms with Crippen molar-refractivity contribution in [3.63, 3.8) is 0 Å². The van der Waals surface area contributed by atoms with Crippen molar-refractivity contribution >= 4 is 32.7 Å². The highest BCUT2D eigenvalue weighted by Gasteiger charge is 2.19. The zero-order valence-corrected chi connectivity index (χ0v) is 16.3. The van der Waals surface area contributed by atoms with Crippen LogP contribution in [0.15, 0.2) is 10.5 Å². The Balaban J connectivity index is 2.61. The molecule has 0 spiro atoms. The van der Waals surface area contributed by atoms with Crippen LogP contribution in [-0.2, 0) is 4.74 Å². The second-order valence-electron chi connectivity index (χ2n) is 5.58. The monoisotopic (exact) mass is 399 g/mol. The largest absolute Gasteiger partial charge is 0.461 e. The van der Waals surface area contributed by atoms with Crippen LogP contribution >= 0.6 is 15.9 Å². The Morgan fingerprint density at radius 1 is 1.29 bits per heavy atom. The Morgan fingerprint density at radius 3 is 2.54 bits per heavy atom. The number of benzene rings is 1. The lowest BCUT2D eigenvalue weighted by molar-refractivity contribution is 0.0682. The average molecular weight is 400 g/mol. The third kappa shape index (κ3) is 3.78. The third-order valence-electron chi connectivity index (χ3n) is 3.93. The number of anilines is 1. The highest BCUT2D eigenvalue weighted by molar-refractivity contribution is 9.10. The first-order valence-corrected chi connectivity index (χ1v) is 8.79. The number of hydrogen-bond acceptors (Lipinski definition) is 5. The minimum Gasteiger partial charge on any atom is -0.461 e. The highest BCUT2D eigenvalue weighted by Crippen LogP contribution is 2.33. The summed E-state index contributed by atoms with van der Waals surface area (Å²) in [5, 5.41) is 0.684. The van der Waals surface area contributed by atoms with Crippen LogP contribution in [-0.4, -0.2) is 42.9 Å². The molecule has 1 heterocycles. The van der Waals surface area contributed by atoms with Gasteiger partial charge in [0, 0.05) is 25.6 Å². The van der Waals surface area contributed by atoms with E-state index in [1.807, 2.05) is 33.8 Å². The molecule has 0 amide bonds. The number of methoxy groups -OCH3 is 1. The Kier molecular flexibility index (Phi) is 6.34. The molecular formula is C17H23BrFN3O2. The minimum atomic E-state index is -0.398. The number of aryl methyl sites for hydroxylation is 1. The normalized spacial score (nSPS) is 12.5. The molecule has 7 heteroatoms. The van der Waals surface area contributed by atoms with E-state index in [1.165, 1.54) is 0 Å². The Labute approximate surface area is 150 Å². The average Bonchev–Trinajstić information content (AvgIpc) is 2.59. The van der Waals surface area contributed by atoms with Crippen molar-refractivity contribution in [1.82, 2.24) is 9.97 Å². The number of nitrogens with zero attached hydrogens (tertiary/aromatic N) is 3. The first-order valence-electron chi connectivity index (χ1n) is 7.99. The molecule has 0 aliphatic rings. The molecule has 24 heavy (non-hydrogen) atoms. The van der Waals surface area contributed by atoms with Gasteiger partial charge in [0.25, 0.3) is 0 Å². The lowest BCUT2D eigenvalue weighted by Crippen LogP contribution is -2.24. The molecule has 1 aromatic carbocycles. The van der Waals surface area contributed by atoms with Gasteiger partial charge in [0.1, 0.15) is 17.9 Å². The van der Waals surface area contributed by atoms with Crippen LogP contribution in [0.4, 0.5) is 10.2 Å². The maximum Gasteiger partial charge on any atom is 0.319 e. The summed E-state index contributed by atoms with van der Waals surface area (Å²) in [5.41, 5.74) is 1.06. The maximum atomic E-state index is 14.7. The molecule has 0 aliphatic carbocycles. The Hall–Kier alpha value is -1.47. The number of ether oxygens (including phenoxy) is 2. The molecule has 2 aromatic rings. The van der Waals surface area contributed by atoms with Gasteiger partial charge in [-0.05, 0) is 55.3 Å². The van der Waals surface area contributed by atoms with Gasteiger partial charge >= 0.3 is 6.01 Å². The molecule has 1 atom stereocenters. The van der Waals surface area contributed by atoms with Crippen molar-refractivity contribution in [2.75, 3.05) is 31.7 Å². The Bertz CT molecular complexity index is 723. The molecule has 0 bridgehead atoms. The minimum absolute atomic E-state index is 0.101. The van der Waals surface area contributed by atoms with E-state index in [1.54, 1.807) is 7.11 Å². The fourth-order valence-electron chi connectivity index (χ4n) is 2.38. The van der Waals surface area contributed by atoms with E-state index in [9.17, 15) is 4.39 Å². The number of rotatable bonds is 7. The molecule has 2 rings (SSSR count). The zero-order chi connectivity index (χ0) is 17.9. The zero-order valence-electron chi connectivity index (χ0n) is 14.7. The first kappa shape index (κ1) is 18.9. The molecule has 5 nitrogen and oxygen atoms in total. The van der Waals surface area contributed by atoms with Gasteiger partial charge in [0.2, 0.25) is 0 Å². The summed E-state index contributed by atoms with van der Waals surface area (Å²) in [7, 11) is 1.61. The summed E-state index contributed by atoms with van der Waals surface area (Å²) in [6, 6.07) is 2.06. The van der Waals surface area contributed by atoms with Crippen LogP contribution in [0.25, 0.3) is 10.9 Å². The molecule has 0 saturated carbocycles. The Morgan fingerprint density at radius 2 is 1.96 bits per heavy atom. The van der Waals surface area contributed by atoms with Crippen LogP contribution in [0.3, 0.4) is 0 Å². The van der Waals surface area contributed by atoms with Gasteiger partial charge in [-0.1, -0.05) is 0 Å². The summed E-state index contributed by atoms with van der Waals surface area (Å²) in [6.45, 7) is 9.62. The number of hydrogen-bond donors (Lipinski definition) is 0. The van der Waals surface area contributed by atoms with Gasteiger partial charge in [0.05, 0.1) is 10.6 Å². The van der Waals surface area contributed by atoms with Crippen molar-refractivity contribution < 1.29 is 13.9 Å². The molecule has 0 N–H and O–H groups in total. The predicted octanol–water partition coefficient (Wildman–Crippen LogP) is 4.10. The van der Waals surface area contributed by atoms with Crippen molar-refractivity contribution in [3.05, 3.63) is 21.9 Å². The second-order valence-corrected chi connectivity index (χ2v) is 6.37. The molecule has 1 unspecified atom stereocenters. The van der Waals surface area contributed by atoms with E-state index in [4.69, 9.17) is 9.47 Å². The predicted molar refractivity (Wildman–Crippen MR) is 97.5 cm³/mol. The number of aromatic nitrogens is 2. The number of fused-ring (bicyclic) bond motifs is 1. The van der Waals surface area contributed by atoms with Crippen LogP contribution in [0.5, 0.6) is 6.01 Å². The smallest absolute Gasteiger partial charge is 0.319 e. The van der Waals surface area contributed by atoms with Gasteiger partial charge in [-0.3, -0.25) is 0 Å². The second kappa shape index (κ2) is 8.07. The van der Waals surface area contributed by atoms with Crippen molar-refractivity contribution in [2.45, 2.75) is 33.8 Å². The van der Waals surface area contributed by atoms with Gasteiger partial charge in [-0.15, -0.1) is 0 Å². The van der Waals surface area contributed by atoms with Gasteiger partial charge in [-0.25, -0.2) is 4.39 Å². The van der Waals surface area contributed by atoms with E-state index >= 15 is 0 Å². The summed E-state index contributed by atoms with van der Waals surface area (Å²) in [5.74, 6) is 0.282. The molecule has 0 radical (unpaired) electrons. The quantitative estimate of drug-likeness (QED) is 0.701. The first-order chi connectivity index (χ1) is 11.4. The standard InChI is InChI=1S/C17H23BrFN3O2/c1-6-22(7-2)16-12-8-10(3)13(18)14(19)15(12)20-17(21-16)24-9-11(4)23-5/h8,11H,6-7,9H2,1-5H3. The van der Waals surface area contributed by atoms with Crippen LogP contribution in [0, 0.1) is 12.7 Å². The molecular weight excluding hydrogens is 377 g/mol. The summed E-state index contributed by atoms with van der Waals surface area (Å²) < 4.78 is 25.9. The molecule has 132 valence electrons. The van der Waals surface area contributed by atoms with E-state index in [0.29, 0.717) is 22.3 Å². The van der Waals surface area contributed by atoms with Gasteiger partial charge in [-0.2, -0.15) is 9.97 Å². The molecule has 0 fully saturated rings. The van der Waals surface area contributed by atoms with Crippen LogP contribution in [0.2, 0.25) is 0 Å². The van der Waals surface area contributed by atoms with Crippen LogP contribution < -0.4 is 9.64 Å². The van der Waals surface area contributed by atoms with Crippen molar-refractivity contribution in [3.8, 4) is 6.01 Å². The third-order valence-corrected chi connectivity index (χ3v) is 4.90. The van der Waals surface area contributed by atoms with Crippen molar-refractivity contribution in [1.29, 1.82) is 0 Å². The fourth-order valence-corrected chi connectivity index (χ4v) is 2.69. The van der Waals surface area contributed by atoms with E-state index in [-0.39, 0.29) is 17.6 Å². The van der Waals surface area contributed by atoms with Crippen LogP contribution in [0.1, 0.15) is 26.3 Å². The summed E-state index contributed by atoms with van der Waals surface area (Å²) >= 11 is 3.28. The summed E-state index contributed by atoms with van der Waals surface area (Å²) in [6.07, 6.45) is -0.101. The van der Waals surface area contributed by atoms with E-state index < -0.39 is 5.82 Å². The molecule has 1 aromatic heterocycles. The molecule has 0 aliphatic heterocycles. The van der Waals surface area contributed by atoms with E-state index in [2.05, 4.69) is 30.8 Å². The van der Waals surface area contributed by atoms with Crippen molar-refractivity contribution in [2.24, 2.45) is 0 Å². The lowest BCUT2D eigenvalue weighted by Gasteiger charge is -2.22. The maximum absolute atomic E-state index is 14.7. The SMILES string of the molecule is CCN(CC)c1nc(OCC(C)OC)nc2c(F)c(Br)c(C)cc12. The lowest BCUT2D eigenvalue weighted by atomic mass is 10.1.